The Hall–Kier alpha value is -5.95. The van der Waals surface area contributed by atoms with Gasteiger partial charge in [0.1, 0.15) is 11.5 Å². The Morgan fingerprint density at radius 3 is 0.746 bits per heavy atom. The van der Waals surface area contributed by atoms with Crippen LogP contribution >= 0.6 is 18.6 Å². The molecule has 0 bridgehead atoms. The molecule has 10 aromatic carbocycles. The number of phenolic OH excluding ortho intramolecular Hbond substituents is 2. The average molecular weight is 922 g/mol. The molecule has 0 saturated heterocycles. The van der Waals surface area contributed by atoms with Crippen LogP contribution in [-0.4, -0.2) is 26.4 Å². The first-order chi connectivity index (χ1) is 31.0. The Morgan fingerprint density at radius 1 is 0.302 bits per heavy atom. The molecule has 0 unspecified atom stereocenters. The van der Waals surface area contributed by atoms with Crippen molar-refractivity contribution in [3.8, 4) is 22.6 Å². The summed E-state index contributed by atoms with van der Waals surface area (Å²) in [4.78, 5) is 0. The molecule has 0 atom stereocenters. The van der Waals surface area contributed by atoms with Crippen LogP contribution in [0.25, 0.3) is 32.7 Å². The van der Waals surface area contributed by atoms with E-state index in [1.807, 2.05) is 12.1 Å². The fraction of sp³-hybridized carbons (Fsp3) is 0. The van der Waals surface area contributed by atoms with Crippen LogP contribution in [0.3, 0.4) is 0 Å². The van der Waals surface area contributed by atoms with Gasteiger partial charge in [-0.3, -0.25) is 0 Å². The first-order valence-electron chi connectivity index (χ1n) is 20.8. The monoisotopic (exact) mass is 920 g/mol. The van der Waals surface area contributed by atoms with Crippen molar-refractivity contribution in [2.75, 3.05) is 0 Å². The van der Waals surface area contributed by atoms with Gasteiger partial charge >= 0.3 is 35.6 Å². The van der Waals surface area contributed by atoms with Gasteiger partial charge in [-0.05, 0) is 63.0 Å². The van der Waals surface area contributed by atoms with Crippen molar-refractivity contribution < 1.29 is 27.2 Å². The van der Waals surface area contributed by atoms with Gasteiger partial charge in [-0.25, -0.2) is 0 Å². The van der Waals surface area contributed by atoms with E-state index in [9.17, 15) is 10.2 Å². The molecule has 7 heteroatoms. The zero-order valence-corrected chi connectivity index (χ0v) is 39.3. The number of halogens is 2. The molecule has 0 spiro atoms. The first kappa shape index (κ1) is 42.4. The number of hydrogen-bond donors (Lipinski definition) is 2. The Labute approximate surface area is 387 Å². The van der Waals surface area contributed by atoms with E-state index in [0.29, 0.717) is 11.1 Å². The number of hydrogen-bond acceptors (Lipinski definition) is 2. The van der Waals surface area contributed by atoms with E-state index in [-0.39, 0.29) is 11.5 Å². The topological polar surface area (TPSA) is 40.5 Å². The van der Waals surface area contributed by atoms with Gasteiger partial charge < -0.3 is 10.2 Å². The second-order valence-corrected chi connectivity index (χ2v) is 25.6. The van der Waals surface area contributed by atoms with Crippen LogP contribution in [0.15, 0.2) is 243 Å². The average Bonchev–Trinajstić information content (AvgIpc) is 3.35. The number of fused-ring (bicyclic) bond motifs is 2. The predicted molar refractivity (Wildman–Crippen MR) is 269 cm³/mol. The van der Waals surface area contributed by atoms with Crippen molar-refractivity contribution in [3.05, 3.63) is 243 Å². The number of phenols is 2. The quantitative estimate of drug-likeness (QED) is 0.112. The third-order valence-corrected chi connectivity index (χ3v) is 21.9. The normalized spacial score (nSPS) is 11.5. The zero-order chi connectivity index (χ0) is 43.2. The number of rotatable bonds is 9. The maximum absolute atomic E-state index is 13.6. The SMILES string of the molecule is Oc1c([Si](c2ccccc2)(c2ccccc2)c2ccccc2)cc2ccccc2c1-c1c(O)c([Si](c2ccccc2)(c2ccccc2)c2ccccc2)cc2ccccc12.[Cl][Ti][Cl]. The Bertz CT molecular complexity index is 2720. The van der Waals surface area contributed by atoms with Crippen molar-refractivity contribution >= 4 is 97.8 Å². The molecular formula is C56H42Cl2O2Si2Ti. The van der Waals surface area contributed by atoms with E-state index in [4.69, 9.17) is 18.6 Å². The van der Waals surface area contributed by atoms with Crippen LogP contribution in [0, 0.1) is 0 Å². The van der Waals surface area contributed by atoms with Gasteiger partial charge in [0.05, 0.1) is 0 Å². The van der Waals surface area contributed by atoms with Crippen LogP contribution in [0.1, 0.15) is 0 Å². The number of aromatic hydroxyl groups is 2. The van der Waals surface area contributed by atoms with Gasteiger partial charge in [-0.15, -0.1) is 0 Å². The third-order valence-electron chi connectivity index (χ3n) is 12.3. The fourth-order valence-corrected chi connectivity index (χ4v) is 19.5. The molecule has 0 aliphatic rings. The zero-order valence-electron chi connectivity index (χ0n) is 34.2. The van der Waals surface area contributed by atoms with Crippen molar-refractivity contribution in [1.82, 2.24) is 0 Å². The van der Waals surface area contributed by atoms with Crippen LogP contribution in [0.2, 0.25) is 0 Å². The fourth-order valence-electron chi connectivity index (χ4n) is 9.81. The van der Waals surface area contributed by atoms with Crippen molar-refractivity contribution in [2.24, 2.45) is 0 Å². The van der Waals surface area contributed by atoms with Crippen LogP contribution in [0.5, 0.6) is 11.5 Å². The molecule has 2 N–H and O–H groups in total. The molecule has 2 nitrogen and oxygen atoms in total. The Kier molecular flexibility index (Phi) is 12.6. The molecule has 10 rings (SSSR count). The second kappa shape index (κ2) is 18.8. The summed E-state index contributed by atoms with van der Waals surface area (Å²) in [6.07, 6.45) is 0. The molecule has 304 valence electrons. The molecule has 63 heavy (non-hydrogen) atoms. The summed E-state index contributed by atoms with van der Waals surface area (Å²) in [6.45, 7) is 0. The van der Waals surface area contributed by atoms with Crippen LogP contribution < -0.4 is 41.5 Å². The molecule has 0 aromatic heterocycles. The van der Waals surface area contributed by atoms with Crippen LogP contribution in [-0.2, 0) is 17.0 Å². The Balaban J connectivity index is 0.00000164. The summed E-state index contributed by atoms with van der Waals surface area (Å²) >= 11 is -0.556. The van der Waals surface area contributed by atoms with E-state index in [2.05, 4.69) is 231 Å². The van der Waals surface area contributed by atoms with E-state index in [1.54, 1.807) is 0 Å². The molecule has 0 heterocycles. The standard InChI is InChI=1S/C56H42O2Si2.2ClH.Ti/c57-55-51(59(43-25-7-1-8-26-43,44-27-9-2-10-28-44)45-29-11-3-12-30-45)39-41-23-19-21-37-49(41)53(55)54-50-38-22-20-24-42(50)40-52(56(54)58)60(46-31-13-4-14-32-46,47-33-15-5-16-34-47)48-35-17-6-18-36-48;;;/h1-40,57-58H;2*1H;/q;;;+2/p-2. The number of benzene rings is 10. The molecule has 0 saturated carbocycles. The molecule has 10 aromatic rings. The molecular weight excluding hydrogens is 880 g/mol. The third kappa shape index (κ3) is 7.47. The molecule has 0 fully saturated rings. The van der Waals surface area contributed by atoms with E-state index < -0.39 is 33.2 Å². The molecule has 0 aliphatic carbocycles. The van der Waals surface area contributed by atoms with Gasteiger partial charge in [0.2, 0.25) is 0 Å². The summed E-state index contributed by atoms with van der Waals surface area (Å²) in [5.41, 5.74) is 1.27. The van der Waals surface area contributed by atoms with Gasteiger partial charge in [-0.1, -0.05) is 243 Å². The van der Waals surface area contributed by atoms with Gasteiger partial charge in [0.25, 0.3) is 0 Å². The molecule has 0 aliphatic heterocycles. The predicted octanol–water partition coefficient (Wildman–Crippen LogP) is 9.20. The van der Waals surface area contributed by atoms with Gasteiger partial charge in [-0.2, -0.15) is 0 Å². The Morgan fingerprint density at radius 2 is 0.508 bits per heavy atom. The second-order valence-electron chi connectivity index (χ2n) is 15.5. The van der Waals surface area contributed by atoms with Crippen molar-refractivity contribution in [3.63, 3.8) is 0 Å². The summed E-state index contributed by atoms with van der Waals surface area (Å²) < 4.78 is 0. The maximum atomic E-state index is 13.6. The van der Waals surface area contributed by atoms with E-state index in [1.165, 1.54) is 0 Å². The molecule has 0 radical (unpaired) electrons. The van der Waals surface area contributed by atoms with Gasteiger partial charge in [0.15, 0.2) is 16.1 Å². The molecule has 0 amide bonds. The minimum absolute atomic E-state index is 0.181. The first-order valence-corrected chi connectivity index (χ1v) is 29.1. The van der Waals surface area contributed by atoms with Crippen LogP contribution in [0.4, 0.5) is 0 Å². The summed E-state index contributed by atoms with van der Waals surface area (Å²) in [7, 11) is 3.29. The summed E-state index contributed by atoms with van der Waals surface area (Å²) in [5.74, 6) is 0.363. The van der Waals surface area contributed by atoms with Gasteiger partial charge in [0, 0.05) is 11.1 Å². The van der Waals surface area contributed by atoms with E-state index >= 15 is 0 Å². The summed E-state index contributed by atoms with van der Waals surface area (Å²) in [6, 6.07) is 85.2. The van der Waals surface area contributed by atoms with Crippen molar-refractivity contribution in [2.45, 2.75) is 0 Å². The van der Waals surface area contributed by atoms with Crippen molar-refractivity contribution in [1.29, 1.82) is 0 Å². The van der Waals surface area contributed by atoms with E-state index in [0.717, 1.165) is 63.0 Å². The summed E-state index contributed by atoms with van der Waals surface area (Å²) in [5, 5.41) is 39.7. The minimum atomic E-state index is -3.24.